The summed E-state index contributed by atoms with van der Waals surface area (Å²) in [4.78, 5) is 15.7. The molecule has 154 valence electrons. The van der Waals surface area contributed by atoms with E-state index in [-0.39, 0.29) is 24.0 Å². The fourth-order valence-electron chi connectivity index (χ4n) is 3.63. The van der Waals surface area contributed by atoms with Crippen LogP contribution in [0.4, 0.5) is 0 Å². The highest BCUT2D eigenvalue weighted by molar-refractivity contribution is 14.0. The maximum Gasteiger partial charge on any atom is 0.193 e. The van der Waals surface area contributed by atoms with Gasteiger partial charge in [0, 0.05) is 63.3 Å². The molecule has 0 aliphatic carbocycles. The fourth-order valence-corrected chi connectivity index (χ4v) is 4.48. The van der Waals surface area contributed by atoms with Gasteiger partial charge in [0.25, 0.3) is 0 Å². The molecule has 0 bridgehead atoms. The van der Waals surface area contributed by atoms with Gasteiger partial charge in [-0.2, -0.15) is 0 Å². The Kier molecular flexibility index (Phi) is 10.3. The normalized spacial score (nSPS) is 21.3. The molecular formula is C19H34IN5OS. The van der Waals surface area contributed by atoms with Gasteiger partial charge < -0.3 is 15.0 Å². The Bertz CT molecular complexity index is 576. The molecule has 0 saturated carbocycles. The first kappa shape index (κ1) is 22.8. The van der Waals surface area contributed by atoms with Crippen LogP contribution in [0.15, 0.2) is 11.2 Å². The van der Waals surface area contributed by atoms with Crippen molar-refractivity contribution in [2.24, 2.45) is 10.9 Å². The number of halogens is 1. The largest absolute Gasteiger partial charge is 0.379 e. The van der Waals surface area contributed by atoms with E-state index in [1.807, 2.05) is 17.5 Å². The van der Waals surface area contributed by atoms with Crippen LogP contribution in [0.25, 0.3) is 0 Å². The number of rotatable bonds is 7. The molecule has 0 radical (unpaired) electrons. The third-order valence-electron chi connectivity index (χ3n) is 5.08. The van der Waals surface area contributed by atoms with Crippen molar-refractivity contribution in [1.82, 2.24) is 20.1 Å². The number of guanidine groups is 1. The number of ether oxygens (including phenoxy) is 1. The van der Waals surface area contributed by atoms with Gasteiger partial charge in [-0.1, -0.05) is 6.92 Å². The van der Waals surface area contributed by atoms with Crippen molar-refractivity contribution in [3.8, 4) is 0 Å². The standard InChI is InChI=1S/C19H33N5OS.HI/c1-3-17-13-22-18(26-17)5-7-21-19(20-4-2)24-8-6-16(15-24)14-23-9-11-25-12-10-23;/h13,16H,3-12,14-15H2,1-2H3,(H,20,21);1H. The molecule has 0 spiro atoms. The van der Waals surface area contributed by atoms with Crippen LogP contribution < -0.4 is 5.32 Å². The van der Waals surface area contributed by atoms with E-state index in [0.29, 0.717) is 0 Å². The minimum Gasteiger partial charge on any atom is -0.379 e. The summed E-state index contributed by atoms with van der Waals surface area (Å²) < 4.78 is 5.46. The van der Waals surface area contributed by atoms with Crippen molar-refractivity contribution >= 4 is 41.3 Å². The molecule has 6 nitrogen and oxygen atoms in total. The van der Waals surface area contributed by atoms with E-state index in [2.05, 4.69) is 33.9 Å². The number of hydrogen-bond acceptors (Lipinski definition) is 5. The lowest BCUT2D eigenvalue weighted by molar-refractivity contribution is 0.0315. The predicted molar refractivity (Wildman–Crippen MR) is 124 cm³/mol. The van der Waals surface area contributed by atoms with E-state index >= 15 is 0 Å². The van der Waals surface area contributed by atoms with Gasteiger partial charge >= 0.3 is 0 Å². The molecule has 3 rings (SSSR count). The third kappa shape index (κ3) is 7.14. The third-order valence-corrected chi connectivity index (χ3v) is 6.28. The van der Waals surface area contributed by atoms with Crippen LogP contribution in [-0.2, 0) is 17.6 Å². The van der Waals surface area contributed by atoms with Crippen LogP contribution >= 0.6 is 35.3 Å². The highest BCUT2D eigenvalue weighted by atomic mass is 127. The van der Waals surface area contributed by atoms with Gasteiger partial charge in [0.15, 0.2) is 5.96 Å². The lowest BCUT2D eigenvalue weighted by Crippen LogP contribution is -2.42. The Morgan fingerprint density at radius 1 is 1.33 bits per heavy atom. The summed E-state index contributed by atoms with van der Waals surface area (Å²) in [6, 6.07) is 0. The Labute approximate surface area is 184 Å². The van der Waals surface area contributed by atoms with Gasteiger partial charge in [0.2, 0.25) is 0 Å². The van der Waals surface area contributed by atoms with E-state index in [1.165, 1.54) is 22.9 Å². The van der Waals surface area contributed by atoms with Crippen molar-refractivity contribution in [2.45, 2.75) is 33.1 Å². The quantitative estimate of drug-likeness (QED) is 0.349. The van der Waals surface area contributed by atoms with Crippen molar-refractivity contribution in [3.05, 3.63) is 16.1 Å². The van der Waals surface area contributed by atoms with Crippen LogP contribution in [-0.4, -0.2) is 79.8 Å². The van der Waals surface area contributed by atoms with E-state index in [4.69, 9.17) is 9.73 Å². The first-order valence-corrected chi connectivity index (χ1v) is 10.9. The maximum absolute atomic E-state index is 5.46. The van der Waals surface area contributed by atoms with Crippen molar-refractivity contribution in [2.75, 3.05) is 59.0 Å². The summed E-state index contributed by atoms with van der Waals surface area (Å²) >= 11 is 1.82. The summed E-state index contributed by atoms with van der Waals surface area (Å²) in [7, 11) is 0. The molecule has 2 fully saturated rings. The number of aryl methyl sites for hydroxylation is 1. The molecule has 2 saturated heterocycles. The number of nitrogens with one attached hydrogen (secondary N) is 1. The molecule has 2 aliphatic rings. The Morgan fingerprint density at radius 2 is 2.15 bits per heavy atom. The molecule has 0 amide bonds. The minimum atomic E-state index is 0. The van der Waals surface area contributed by atoms with Crippen molar-refractivity contribution < 1.29 is 4.74 Å². The Balaban J connectivity index is 0.00000261. The number of morpholine rings is 1. The predicted octanol–water partition coefficient (Wildman–Crippen LogP) is 2.49. The maximum atomic E-state index is 5.46. The van der Waals surface area contributed by atoms with E-state index < -0.39 is 0 Å². The molecule has 1 aromatic rings. The Hall–Kier alpha value is -0.450. The molecule has 1 N–H and O–H groups in total. The first-order valence-electron chi connectivity index (χ1n) is 10.1. The highest BCUT2D eigenvalue weighted by Crippen LogP contribution is 2.18. The molecule has 1 unspecified atom stereocenters. The average molecular weight is 507 g/mol. The zero-order chi connectivity index (χ0) is 18.2. The van der Waals surface area contributed by atoms with Gasteiger partial charge in [0.1, 0.15) is 0 Å². The van der Waals surface area contributed by atoms with Crippen LogP contribution in [0.2, 0.25) is 0 Å². The van der Waals surface area contributed by atoms with Crippen molar-refractivity contribution in [1.29, 1.82) is 0 Å². The second kappa shape index (κ2) is 12.2. The van der Waals surface area contributed by atoms with E-state index in [9.17, 15) is 0 Å². The number of thiazole rings is 1. The molecule has 27 heavy (non-hydrogen) atoms. The zero-order valence-corrected chi connectivity index (χ0v) is 19.8. The molecule has 1 atom stereocenters. The van der Waals surface area contributed by atoms with Crippen LogP contribution in [0, 0.1) is 5.92 Å². The van der Waals surface area contributed by atoms with Gasteiger partial charge in [0.05, 0.1) is 18.2 Å². The molecule has 8 heteroatoms. The first-order chi connectivity index (χ1) is 12.8. The Morgan fingerprint density at radius 3 is 2.85 bits per heavy atom. The number of nitrogens with zero attached hydrogens (tertiary/aromatic N) is 4. The second-order valence-electron chi connectivity index (χ2n) is 7.07. The molecule has 2 aliphatic heterocycles. The SMILES string of the molecule is CCNC(=NCCc1ncc(CC)s1)N1CCC(CN2CCOCC2)C1.I. The van der Waals surface area contributed by atoms with Gasteiger partial charge in [-0.25, -0.2) is 4.98 Å². The van der Waals surface area contributed by atoms with Crippen LogP contribution in [0.1, 0.15) is 30.2 Å². The smallest absolute Gasteiger partial charge is 0.193 e. The number of hydrogen-bond donors (Lipinski definition) is 1. The number of aromatic nitrogens is 1. The van der Waals surface area contributed by atoms with E-state index in [0.717, 1.165) is 77.2 Å². The zero-order valence-electron chi connectivity index (χ0n) is 16.7. The van der Waals surface area contributed by atoms with Gasteiger partial charge in [-0.15, -0.1) is 35.3 Å². The number of aliphatic imine (C=N–C) groups is 1. The topological polar surface area (TPSA) is 53.0 Å². The summed E-state index contributed by atoms with van der Waals surface area (Å²) in [6.45, 7) is 13.4. The lowest BCUT2D eigenvalue weighted by Gasteiger charge is -2.29. The molecule has 0 aromatic carbocycles. The molecule has 1 aromatic heterocycles. The summed E-state index contributed by atoms with van der Waals surface area (Å²) in [5.74, 6) is 1.81. The summed E-state index contributed by atoms with van der Waals surface area (Å²) in [6.07, 6.45) is 5.27. The minimum absolute atomic E-state index is 0. The molecule has 3 heterocycles. The van der Waals surface area contributed by atoms with E-state index in [1.54, 1.807) is 0 Å². The van der Waals surface area contributed by atoms with Gasteiger partial charge in [-0.3, -0.25) is 9.89 Å². The number of likely N-dealkylation sites (tertiary alicyclic amines) is 1. The highest BCUT2D eigenvalue weighted by Gasteiger charge is 2.27. The monoisotopic (exact) mass is 507 g/mol. The fraction of sp³-hybridized carbons (Fsp3) is 0.789. The molecular weight excluding hydrogens is 473 g/mol. The summed E-state index contributed by atoms with van der Waals surface area (Å²) in [5, 5.41) is 4.68. The summed E-state index contributed by atoms with van der Waals surface area (Å²) in [5.41, 5.74) is 0. The van der Waals surface area contributed by atoms with Crippen LogP contribution in [0.3, 0.4) is 0 Å². The van der Waals surface area contributed by atoms with Crippen molar-refractivity contribution in [3.63, 3.8) is 0 Å². The van der Waals surface area contributed by atoms with Crippen LogP contribution in [0.5, 0.6) is 0 Å². The average Bonchev–Trinajstić information content (AvgIpc) is 3.31. The second-order valence-corrected chi connectivity index (χ2v) is 8.27. The lowest BCUT2D eigenvalue weighted by atomic mass is 10.1. The van der Waals surface area contributed by atoms with Gasteiger partial charge in [-0.05, 0) is 25.7 Å².